The number of rotatable bonds is 4. The zero-order valence-corrected chi connectivity index (χ0v) is 12.9. The molecule has 0 radical (unpaired) electrons. The summed E-state index contributed by atoms with van der Waals surface area (Å²) in [5.74, 6) is 0. The van der Waals surface area contributed by atoms with Crippen LogP contribution in [0.25, 0.3) is 0 Å². The predicted octanol–water partition coefficient (Wildman–Crippen LogP) is 5.79. The summed E-state index contributed by atoms with van der Waals surface area (Å²) in [6.07, 6.45) is 6.70. The van der Waals surface area contributed by atoms with Crippen LogP contribution in [0.1, 0.15) is 13.4 Å². The maximum absolute atomic E-state index is 10.7. The van der Waals surface area contributed by atoms with Gasteiger partial charge in [-0.15, -0.1) is 0 Å². The van der Waals surface area contributed by atoms with Crippen LogP contribution in [0.4, 0.5) is 25.2 Å². The van der Waals surface area contributed by atoms with Gasteiger partial charge < -0.3 is 9.80 Å². The van der Waals surface area contributed by atoms with Crippen LogP contribution in [-0.4, -0.2) is 30.1 Å². The summed E-state index contributed by atoms with van der Waals surface area (Å²) in [5.41, 5.74) is 1.44. The normalized spacial score (nSPS) is 17.6. The van der Waals surface area contributed by atoms with Crippen molar-refractivity contribution in [1.82, 2.24) is 9.80 Å². The molecule has 0 aromatic heterocycles. The van der Waals surface area contributed by atoms with Crippen molar-refractivity contribution in [2.24, 2.45) is 0 Å². The van der Waals surface area contributed by atoms with Crippen LogP contribution in [0.2, 0.25) is 0 Å². The smallest absolute Gasteiger partial charge is 1.00 e. The van der Waals surface area contributed by atoms with Crippen LogP contribution in [0.3, 0.4) is 0 Å². The van der Waals surface area contributed by atoms with Gasteiger partial charge in [-0.1, -0.05) is 30.3 Å². The van der Waals surface area contributed by atoms with E-state index in [1.165, 1.54) is 18.4 Å². The average Bonchev–Trinajstić information content (AvgIpc) is 2.72. The second kappa shape index (κ2) is 5.99. The molecule has 128 valence electrons. The second-order valence-electron chi connectivity index (χ2n) is 5.06. The Bertz CT molecular complexity index is 494. The van der Waals surface area contributed by atoms with Crippen LogP contribution in [0, 0.1) is 0 Å². The first-order valence-electron chi connectivity index (χ1n) is 6.52. The van der Waals surface area contributed by atoms with E-state index in [0.29, 0.717) is 0 Å². The van der Waals surface area contributed by atoms with Gasteiger partial charge in [0.05, 0.1) is 6.67 Å². The van der Waals surface area contributed by atoms with Crippen molar-refractivity contribution in [3.63, 3.8) is 0 Å². The maximum Gasteiger partial charge on any atom is 1.00 e. The average molecular weight is 348 g/mol. The molecule has 0 atom stereocenters. The van der Waals surface area contributed by atoms with Gasteiger partial charge in [-0.05, 0) is 18.4 Å². The fraction of sp³-hybridized carbons (Fsp3) is 0.385. The quantitative estimate of drug-likeness (QED) is 0.502. The predicted molar refractivity (Wildman–Crippen MR) is 77.9 cm³/mol. The van der Waals surface area contributed by atoms with Gasteiger partial charge in [0.2, 0.25) is 0 Å². The molecule has 0 saturated carbocycles. The zero-order chi connectivity index (χ0) is 16.9. The summed E-state index contributed by atoms with van der Waals surface area (Å²) in [5, 5.41) is 0. The third-order valence-corrected chi connectivity index (χ3v) is 2.69. The first-order chi connectivity index (χ1) is 9.79. The molecule has 1 aromatic rings. The summed E-state index contributed by atoms with van der Waals surface area (Å²) < 4.78 is 59.2. The van der Waals surface area contributed by atoms with Crippen molar-refractivity contribution in [3.05, 3.63) is 48.3 Å². The molecule has 0 amide bonds. The molecule has 22 heavy (non-hydrogen) atoms. The second-order valence-corrected chi connectivity index (χ2v) is 6.97. The van der Waals surface area contributed by atoms with E-state index in [1.54, 1.807) is 0 Å². The van der Waals surface area contributed by atoms with Crippen LogP contribution in [0.5, 0.6) is 0 Å². The number of hydrogen-bond donors (Lipinski definition) is 0. The molecule has 0 saturated heterocycles. The third kappa shape index (κ3) is 12.3. The molecule has 0 fully saturated rings. The summed E-state index contributed by atoms with van der Waals surface area (Å²) in [6, 6.07) is 10.7. The summed E-state index contributed by atoms with van der Waals surface area (Å²) in [7, 11) is -8.55. The van der Waals surface area contributed by atoms with E-state index in [2.05, 4.69) is 59.6 Å². The molecule has 2 nitrogen and oxygen atoms in total. The first kappa shape index (κ1) is 18.6. The Morgan fingerprint density at radius 3 is 2.00 bits per heavy atom. The Morgan fingerprint density at radius 1 is 1.00 bits per heavy atom. The number of benzene rings is 1. The SMILES string of the molecule is CN1C=CN(CCCc2ccccc2)C1.F[P-](F)(F)(F)(F)F.[H+]. The molecule has 0 aliphatic carbocycles. The Kier molecular flexibility index (Phi) is 5.07. The van der Waals surface area contributed by atoms with Crippen molar-refractivity contribution in [2.75, 3.05) is 20.3 Å². The molecular formula is C13H19F6N2P. The molecule has 0 N–H and O–H groups in total. The van der Waals surface area contributed by atoms with E-state index in [-0.39, 0.29) is 1.43 Å². The molecular weight excluding hydrogens is 329 g/mol. The topological polar surface area (TPSA) is 6.48 Å². The third-order valence-electron chi connectivity index (χ3n) is 2.69. The summed E-state index contributed by atoms with van der Waals surface area (Å²) in [4.78, 5) is 4.55. The molecule has 0 unspecified atom stereocenters. The van der Waals surface area contributed by atoms with Crippen LogP contribution in [-0.2, 0) is 6.42 Å². The van der Waals surface area contributed by atoms with Crippen molar-refractivity contribution < 1.29 is 26.6 Å². The van der Waals surface area contributed by atoms with Crippen LogP contribution >= 0.6 is 7.81 Å². The van der Waals surface area contributed by atoms with Crippen LogP contribution < -0.4 is 0 Å². The Balaban J connectivity index is 0.000000522. The Labute approximate surface area is 126 Å². The van der Waals surface area contributed by atoms with Gasteiger partial charge in [0.1, 0.15) is 0 Å². The summed E-state index contributed by atoms with van der Waals surface area (Å²) >= 11 is 0. The fourth-order valence-corrected chi connectivity index (χ4v) is 1.87. The van der Waals surface area contributed by atoms with Crippen LogP contribution in [0.15, 0.2) is 42.7 Å². The minimum Gasteiger partial charge on any atom is 1.00 e. The molecule has 1 aliphatic heterocycles. The van der Waals surface area contributed by atoms with E-state index in [1.807, 2.05) is 0 Å². The van der Waals surface area contributed by atoms with E-state index in [0.717, 1.165) is 13.2 Å². The standard InChI is InChI=1S/C13H18N2.F6P/c1-14-10-11-15(12-14)9-5-8-13-6-3-2-4-7-13;1-7(2,3,4,5)6/h2-4,6-7,10-11H,5,8-9,12H2,1H3;/q;-1/p+1. The fourth-order valence-electron chi connectivity index (χ4n) is 1.87. The number of aryl methyl sites for hydroxylation is 1. The van der Waals surface area contributed by atoms with Gasteiger partial charge in [-0.3, -0.25) is 0 Å². The van der Waals surface area contributed by atoms with Gasteiger partial charge in [-0.2, -0.15) is 0 Å². The van der Waals surface area contributed by atoms with E-state index in [4.69, 9.17) is 0 Å². The van der Waals surface area contributed by atoms with Gasteiger partial charge >= 0.3 is 34.4 Å². The van der Waals surface area contributed by atoms with E-state index in [9.17, 15) is 25.2 Å². The molecule has 1 aromatic carbocycles. The first-order valence-corrected chi connectivity index (χ1v) is 8.55. The van der Waals surface area contributed by atoms with E-state index < -0.39 is 7.81 Å². The molecule has 1 heterocycles. The number of nitrogens with zero attached hydrogens (tertiary/aromatic N) is 2. The largest absolute Gasteiger partial charge is 1.00 e. The summed E-state index contributed by atoms with van der Waals surface area (Å²) in [6.45, 7) is 2.19. The van der Waals surface area contributed by atoms with Crippen molar-refractivity contribution in [2.45, 2.75) is 12.8 Å². The molecule has 9 heteroatoms. The minimum absolute atomic E-state index is 0. The molecule has 0 bridgehead atoms. The van der Waals surface area contributed by atoms with Crippen molar-refractivity contribution >= 4 is 7.81 Å². The van der Waals surface area contributed by atoms with Gasteiger partial charge in [0, 0.05) is 26.0 Å². The molecule has 1 aliphatic rings. The monoisotopic (exact) mass is 348 g/mol. The minimum atomic E-state index is -10.7. The van der Waals surface area contributed by atoms with Gasteiger partial charge in [0.25, 0.3) is 0 Å². The van der Waals surface area contributed by atoms with Crippen molar-refractivity contribution in [1.29, 1.82) is 0 Å². The molecule has 0 spiro atoms. The Morgan fingerprint density at radius 2 is 1.55 bits per heavy atom. The van der Waals surface area contributed by atoms with Crippen molar-refractivity contribution in [3.8, 4) is 0 Å². The molecule has 2 rings (SSSR count). The maximum atomic E-state index is 9.87. The van der Waals surface area contributed by atoms with Gasteiger partial charge in [0.15, 0.2) is 0 Å². The Hall–Kier alpha value is -1.43. The zero-order valence-electron chi connectivity index (χ0n) is 13.0. The van der Waals surface area contributed by atoms with E-state index >= 15 is 0 Å². The van der Waals surface area contributed by atoms with Gasteiger partial charge in [-0.25, -0.2) is 0 Å². The number of hydrogen-bond acceptors (Lipinski definition) is 2. The number of halogens is 6.